The highest BCUT2D eigenvalue weighted by Gasteiger charge is 2.51. The van der Waals surface area contributed by atoms with Crippen LogP contribution in [0.25, 0.3) is 0 Å². The van der Waals surface area contributed by atoms with Crippen molar-refractivity contribution < 1.29 is 24.2 Å². The Morgan fingerprint density at radius 3 is 2.53 bits per heavy atom. The summed E-state index contributed by atoms with van der Waals surface area (Å²) in [7, 11) is 0. The zero-order valence-electron chi connectivity index (χ0n) is 16.1. The lowest BCUT2D eigenvalue weighted by Gasteiger charge is -2.48. The third-order valence-electron chi connectivity index (χ3n) is 6.32. The monoisotopic (exact) mass is 446 g/mol. The van der Waals surface area contributed by atoms with E-state index in [-0.39, 0.29) is 24.5 Å². The number of likely N-dealkylation sites (tertiary alicyclic amines) is 1. The number of amides is 3. The SMILES string of the molecule is C[C@H]1C[C@@]2(CCN1C(=O)O)OCC(N1C(=O)c3ccccc3C1=O)c1cc(Cl)sc12. The Bertz CT molecular complexity index is 1050. The van der Waals surface area contributed by atoms with Crippen molar-refractivity contribution in [3.05, 3.63) is 56.2 Å². The van der Waals surface area contributed by atoms with E-state index in [2.05, 4.69) is 0 Å². The minimum absolute atomic E-state index is 0.158. The maximum Gasteiger partial charge on any atom is 0.407 e. The fourth-order valence-electron chi connectivity index (χ4n) is 4.91. The van der Waals surface area contributed by atoms with Crippen LogP contribution in [-0.2, 0) is 10.3 Å². The summed E-state index contributed by atoms with van der Waals surface area (Å²) in [4.78, 5) is 41.1. The molecule has 1 aromatic carbocycles. The van der Waals surface area contributed by atoms with Crippen LogP contribution in [0, 0.1) is 0 Å². The van der Waals surface area contributed by atoms with Crippen molar-refractivity contribution in [1.82, 2.24) is 9.80 Å². The van der Waals surface area contributed by atoms with Gasteiger partial charge in [-0.3, -0.25) is 14.5 Å². The van der Waals surface area contributed by atoms with E-state index in [9.17, 15) is 19.5 Å². The van der Waals surface area contributed by atoms with Gasteiger partial charge in [0.25, 0.3) is 11.8 Å². The number of nitrogens with zero attached hydrogens (tertiary/aromatic N) is 2. The number of thiophene rings is 1. The van der Waals surface area contributed by atoms with Crippen LogP contribution in [0.2, 0.25) is 4.34 Å². The molecule has 1 N–H and O–H groups in total. The van der Waals surface area contributed by atoms with Crippen molar-refractivity contribution in [3.63, 3.8) is 0 Å². The number of piperidine rings is 1. The molecule has 2 aromatic rings. The molecule has 1 saturated heterocycles. The van der Waals surface area contributed by atoms with Crippen molar-refractivity contribution in [2.45, 2.75) is 37.5 Å². The van der Waals surface area contributed by atoms with Crippen molar-refractivity contribution >= 4 is 40.8 Å². The molecular formula is C21H19ClN2O5S. The van der Waals surface area contributed by atoms with Gasteiger partial charge in [0.05, 0.1) is 28.1 Å². The van der Waals surface area contributed by atoms with E-state index in [4.69, 9.17) is 16.3 Å². The minimum atomic E-state index is -0.943. The Morgan fingerprint density at radius 2 is 1.93 bits per heavy atom. The van der Waals surface area contributed by atoms with E-state index in [1.54, 1.807) is 24.3 Å². The van der Waals surface area contributed by atoms with Crippen LogP contribution in [0.3, 0.4) is 0 Å². The molecule has 0 saturated carbocycles. The molecule has 30 heavy (non-hydrogen) atoms. The lowest BCUT2D eigenvalue weighted by molar-refractivity contribution is -0.120. The maximum atomic E-state index is 13.0. The van der Waals surface area contributed by atoms with Gasteiger partial charge in [-0.05, 0) is 37.1 Å². The predicted molar refractivity (Wildman–Crippen MR) is 110 cm³/mol. The molecule has 0 aliphatic carbocycles. The second kappa shape index (κ2) is 6.80. The highest BCUT2D eigenvalue weighted by molar-refractivity contribution is 7.16. The van der Waals surface area contributed by atoms with Crippen LogP contribution in [0.15, 0.2) is 30.3 Å². The van der Waals surface area contributed by atoms with Crippen molar-refractivity contribution in [1.29, 1.82) is 0 Å². The van der Waals surface area contributed by atoms with Gasteiger partial charge in [-0.25, -0.2) is 4.79 Å². The van der Waals surface area contributed by atoms with E-state index < -0.39 is 17.7 Å². The summed E-state index contributed by atoms with van der Waals surface area (Å²) in [5.41, 5.74) is 0.957. The third kappa shape index (κ3) is 2.71. The minimum Gasteiger partial charge on any atom is -0.465 e. The molecule has 1 spiro atoms. The van der Waals surface area contributed by atoms with Gasteiger partial charge in [-0.1, -0.05) is 23.7 Å². The summed E-state index contributed by atoms with van der Waals surface area (Å²) in [6, 6.07) is 7.83. The van der Waals surface area contributed by atoms with Crippen LogP contribution in [-0.4, -0.2) is 52.0 Å². The number of ether oxygens (including phenoxy) is 1. The van der Waals surface area contributed by atoms with Gasteiger partial charge in [0, 0.05) is 23.9 Å². The summed E-state index contributed by atoms with van der Waals surface area (Å²) in [6.45, 7) is 2.37. The highest BCUT2D eigenvalue weighted by atomic mass is 35.5. The van der Waals surface area contributed by atoms with E-state index in [0.717, 1.165) is 10.4 Å². The second-order valence-electron chi connectivity index (χ2n) is 7.96. The first-order chi connectivity index (χ1) is 14.3. The standard InChI is InChI=1S/C21H19ClN2O5S/c1-11-9-21(6-7-23(11)20(27)28)17-14(8-16(22)30-17)15(10-29-21)24-18(25)12-4-2-3-5-13(12)19(24)26/h2-5,8,11,15H,6-7,9-10H2,1H3,(H,27,28)/t11-,15?,21+/m0/s1. The number of carboxylic acid groups (broad SMARTS) is 1. The lowest BCUT2D eigenvalue weighted by atomic mass is 9.81. The molecule has 3 aliphatic rings. The van der Waals surface area contributed by atoms with E-state index in [1.807, 2.05) is 13.0 Å². The Morgan fingerprint density at radius 1 is 1.27 bits per heavy atom. The quantitative estimate of drug-likeness (QED) is 0.665. The van der Waals surface area contributed by atoms with Gasteiger partial charge >= 0.3 is 6.09 Å². The van der Waals surface area contributed by atoms with Crippen molar-refractivity contribution in [2.75, 3.05) is 13.2 Å². The van der Waals surface area contributed by atoms with Crippen LogP contribution < -0.4 is 0 Å². The number of carbonyl (C=O) groups is 3. The fourth-order valence-corrected chi connectivity index (χ4v) is 6.38. The van der Waals surface area contributed by atoms with Crippen LogP contribution in [0.4, 0.5) is 4.79 Å². The molecule has 5 rings (SSSR count). The first-order valence-corrected chi connectivity index (χ1v) is 10.9. The van der Waals surface area contributed by atoms with E-state index in [1.165, 1.54) is 21.1 Å². The van der Waals surface area contributed by atoms with Crippen LogP contribution in [0.1, 0.15) is 57.0 Å². The summed E-state index contributed by atoms with van der Waals surface area (Å²) in [6.07, 6.45) is 0.0572. The molecule has 3 aliphatic heterocycles. The number of halogens is 1. The van der Waals surface area contributed by atoms with Crippen LogP contribution in [0.5, 0.6) is 0 Å². The normalized spacial score (nSPS) is 28.1. The Balaban J connectivity index is 1.52. The van der Waals surface area contributed by atoms with Gasteiger partial charge < -0.3 is 14.7 Å². The first kappa shape index (κ1) is 19.5. The topological polar surface area (TPSA) is 87.2 Å². The molecule has 1 unspecified atom stereocenters. The molecular weight excluding hydrogens is 428 g/mol. The Labute approximate surface area is 181 Å². The number of imide groups is 1. The summed E-state index contributed by atoms with van der Waals surface area (Å²) in [5.74, 6) is -0.662. The molecule has 156 valence electrons. The van der Waals surface area contributed by atoms with E-state index >= 15 is 0 Å². The number of benzene rings is 1. The average molecular weight is 447 g/mol. The molecule has 0 radical (unpaired) electrons. The molecule has 0 bridgehead atoms. The number of fused-ring (bicyclic) bond motifs is 3. The molecule has 7 nitrogen and oxygen atoms in total. The summed E-state index contributed by atoms with van der Waals surface area (Å²) < 4.78 is 6.91. The largest absolute Gasteiger partial charge is 0.465 e. The Hall–Kier alpha value is -2.42. The molecule has 1 aromatic heterocycles. The van der Waals surface area contributed by atoms with Gasteiger partial charge in [-0.2, -0.15) is 0 Å². The smallest absolute Gasteiger partial charge is 0.407 e. The van der Waals surface area contributed by atoms with Gasteiger partial charge in [0.1, 0.15) is 5.60 Å². The second-order valence-corrected chi connectivity index (χ2v) is 9.64. The Kier molecular flexibility index (Phi) is 4.43. The summed E-state index contributed by atoms with van der Waals surface area (Å²) >= 11 is 7.75. The lowest BCUT2D eigenvalue weighted by Crippen LogP contribution is -2.53. The average Bonchev–Trinajstić information content (AvgIpc) is 3.22. The molecule has 9 heteroatoms. The highest BCUT2D eigenvalue weighted by Crippen LogP contribution is 2.52. The van der Waals surface area contributed by atoms with E-state index in [0.29, 0.717) is 34.8 Å². The number of rotatable bonds is 1. The fraction of sp³-hybridized carbons (Fsp3) is 0.381. The van der Waals surface area contributed by atoms with Gasteiger partial charge in [0.2, 0.25) is 0 Å². The number of hydrogen-bond donors (Lipinski definition) is 1. The van der Waals surface area contributed by atoms with Crippen molar-refractivity contribution in [3.8, 4) is 0 Å². The molecule has 3 atom stereocenters. The first-order valence-electron chi connectivity index (χ1n) is 9.72. The number of hydrogen-bond acceptors (Lipinski definition) is 5. The molecule has 3 amide bonds. The van der Waals surface area contributed by atoms with Crippen molar-refractivity contribution in [2.24, 2.45) is 0 Å². The summed E-state index contributed by atoms with van der Waals surface area (Å²) in [5, 5.41) is 9.41. The maximum absolute atomic E-state index is 13.0. The zero-order chi connectivity index (χ0) is 21.2. The molecule has 4 heterocycles. The van der Waals surface area contributed by atoms with Gasteiger partial charge in [0.15, 0.2) is 0 Å². The van der Waals surface area contributed by atoms with Crippen LogP contribution >= 0.6 is 22.9 Å². The predicted octanol–water partition coefficient (Wildman–Crippen LogP) is 4.13. The molecule has 1 fully saturated rings. The van der Waals surface area contributed by atoms with Gasteiger partial charge in [-0.15, -0.1) is 11.3 Å². The third-order valence-corrected chi connectivity index (χ3v) is 7.78. The number of carbonyl (C=O) groups excluding carboxylic acids is 2. The zero-order valence-corrected chi connectivity index (χ0v) is 17.7.